The van der Waals surface area contributed by atoms with Crippen LogP contribution in [0.25, 0.3) is 0 Å². The summed E-state index contributed by atoms with van der Waals surface area (Å²) in [5.74, 6) is -0.133. The highest BCUT2D eigenvalue weighted by atomic mass is 16.3. The van der Waals surface area contributed by atoms with Crippen molar-refractivity contribution in [2.45, 2.75) is 6.04 Å². The Hall–Kier alpha value is -0.870. The lowest BCUT2D eigenvalue weighted by molar-refractivity contribution is -0.127. The lowest BCUT2D eigenvalue weighted by Gasteiger charge is -2.31. The highest BCUT2D eigenvalue weighted by Gasteiger charge is 2.20. The number of amides is 1. The summed E-state index contributed by atoms with van der Waals surface area (Å²) in [6.45, 7) is 4.72. The minimum absolute atomic E-state index is 0.0928. The van der Waals surface area contributed by atoms with Crippen LogP contribution in [0.5, 0.6) is 0 Å². The van der Waals surface area contributed by atoms with Crippen LogP contribution in [0.3, 0.4) is 0 Å². The Kier molecular flexibility index (Phi) is 2.74. The quantitative estimate of drug-likeness (QED) is 0.522. The van der Waals surface area contributed by atoms with Crippen LogP contribution in [0.15, 0.2) is 12.7 Å². The van der Waals surface area contributed by atoms with Gasteiger partial charge in [-0.15, -0.1) is 0 Å². The van der Waals surface area contributed by atoms with Crippen molar-refractivity contribution in [3.63, 3.8) is 0 Å². The normalized spacial score (nSPS) is 26.6. The molecule has 0 aliphatic carbocycles. The second kappa shape index (κ2) is 4.23. The number of hydrogen-bond acceptors (Lipinski definition) is 3. The number of aliphatic hydroxyl groups excluding tert-OH is 1. The molecular formula is C8H14N2O2. The number of rotatable bonds is 2. The SMILES string of the molecule is [2H]N1CCN(C(=O)C=C)C[C@@H]1CO. The Morgan fingerprint density at radius 2 is 2.75 bits per heavy atom. The van der Waals surface area contributed by atoms with Crippen LogP contribution in [-0.4, -0.2) is 48.2 Å². The van der Waals surface area contributed by atoms with Crippen LogP contribution in [0.2, 0.25) is 1.41 Å². The zero-order valence-corrected chi connectivity index (χ0v) is 6.94. The van der Waals surface area contributed by atoms with Crippen LogP contribution in [-0.2, 0) is 4.79 Å². The molecule has 0 aromatic heterocycles. The average molecular weight is 171 g/mol. The summed E-state index contributed by atoms with van der Waals surface area (Å²) in [5, 5.41) is 10.2. The molecule has 1 atom stereocenters. The molecule has 0 bridgehead atoms. The zero-order chi connectivity index (χ0) is 9.84. The Morgan fingerprint density at radius 1 is 2.00 bits per heavy atom. The first-order valence-corrected chi connectivity index (χ1v) is 3.96. The van der Waals surface area contributed by atoms with E-state index in [1.165, 1.54) is 11.4 Å². The highest BCUT2D eigenvalue weighted by molar-refractivity contribution is 5.87. The average Bonchev–Trinajstić information content (AvgIpc) is 2.17. The van der Waals surface area contributed by atoms with E-state index >= 15 is 0 Å². The Bertz CT molecular complexity index is 210. The molecule has 0 spiro atoms. The summed E-state index contributed by atoms with van der Waals surface area (Å²) >= 11 is 0. The second-order valence-electron chi connectivity index (χ2n) is 2.73. The number of hydrogen-bond donors (Lipinski definition) is 2. The fourth-order valence-corrected chi connectivity index (χ4v) is 1.21. The van der Waals surface area contributed by atoms with E-state index in [0.717, 1.165) is 0 Å². The summed E-state index contributed by atoms with van der Waals surface area (Å²) in [6, 6.07) is -0.266. The van der Waals surface area contributed by atoms with Gasteiger partial charge in [0.05, 0.1) is 6.61 Å². The predicted molar refractivity (Wildman–Crippen MR) is 45.7 cm³/mol. The van der Waals surface area contributed by atoms with E-state index in [2.05, 4.69) is 6.58 Å². The molecule has 1 rings (SSSR count). The van der Waals surface area contributed by atoms with Gasteiger partial charge in [0.1, 0.15) is 1.41 Å². The van der Waals surface area contributed by atoms with Gasteiger partial charge in [-0.3, -0.25) is 4.79 Å². The number of carbonyl (C=O) groups is 1. The van der Waals surface area contributed by atoms with E-state index in [1.54, 1.807) is 4.90 Å². The summed E-state index contributed by atoms with van der Waals surface area (Å²) in [5.41, 5.74) is 0. The van der Waals surface area contributed by atoms with Crippen molar-refractivity contribution in [3.05, 3.63) is 12.7 Å². The number of aliphatic hydroxyl groups is 1. The van der Waals surface area contributed by atoms with Gasteiger partial charge in [0.15, 0.2) is 0 Å². The first-order valence-electron chi connectivity index (χ1n) is 4.41. The standard InChI is InChI=1S/C8H14N2O2/c1-2-8(12)10-4-3-9-7(5-10)6-11/h2,7,9,11H,1,3-6H2/t7-/m1/s1/i/hD. The fraction of sp³-hybridized carbons (Fsp3) is 0.625. The third kappa shape index (κ3) is 2.06. The zero-order valence-electron chi connectivity index (χ0n) is 7.94. The summed E-state index contributed by atoms with van der Waals surface area (Å²) in [4.78, 5) is 12.8. The van der Waals surface area contributed by atoms with Crippen LogP contribution >= 0.6 is 0 Å². The molecule has 1 fully saturated rings. The molecule has 0 aromatic rings. The maximum absolute atomic E-state index is 11.2. The third-order valence-corrected chi connectivity index (χ3v) is 1.89. The van der Waals surface area contributed by atoms with E-state index in [4.69, 9.17) is 6.52 Å². The van der Waals surface area contributed by atoms with Crippen molar-refractivity contribution in [1.82, 2.24) is 10.2 Å². The van der Waals surface area contributed by atoms with Gasteiger partial charge in [0.25, 0.3) is 0 Å². The van der Waals surface area contributed by atoms with E-state index in [0.29, 0.717) is 19.6 Å². The molecule has 12 heavy (non-hydrogen) atoms. The molecule has 2 N–H and O–H groups in total. The van der Waals surface area contributed by atoms with Crippen LogP contribution in [0.4, 0.5) is 0 Å². The second-order valence-corrected chi connectivity index (χ2v) is 2.73. The first-order chi connectivity index (χ1) is 6.19. The van der Waals surface area contributed by atoms with Crippen molar-refractivity contribution in [2.24, 2.45) is 0 Å². The molecule has 1 amide bonds. The predicted octanol–water partition coefficient (Wildman–Crippen LogP) is -1.03. The third-order valence-electron chi connectivity index (χ3n) is 1.89. The molecule has 1 saturated heterocycles. The largest absolute Gasteiger partial charge is 0.395 e. The lowest BCUT2D eigenvalue weighted by atomic mass is 10.2. The molecule has 1 aliphatic rings. The molecule has 0 saturated carbocycles. The van der Waals surface area contributed by atoms with Gasteiger partial charge in [-0.25, -0.2) is 0 Å². The van der Waals surface area contributed by atoms with E-state index in [-0.39, 0.29) is 18.6 Å². The van der Waals surface area contributed by atoms with Gasteiger partial charge in [-0.2, -0.15) is 0 Å². The summed E-state index contributed by atoms with van der Waals surface area (Å²) in [6.07, 6.45) is 1.26. The van der Waals surface area contributed by atoms with Crippen molar-refractivity contribution in [3.8, 4) is 0 Å². The molecular weight excluding hydrogens is 156 g/mol. The first kappa shape index (κ1) is 7.76. The lowest BCUT2D eigenvalue weighted by Crippen LogP contribution is -2.53. The van der Waals surface area contributed by atoms with Gasteiger partial charge in [-0.1, -0.05) is 6.58 Å². The van der Waals surface area contributed by atoms with Crippen molar-refractivity contribution in [2.75, 3.05) is 26.2 Å². The van der Waals surface area contributed by atoms with Gasteiger partial charge in [0, 0.05) is 25.7 Å². The smallest absolute Gasteiger partial charge is 0.246 e. The van der Waals surface area contributed by atoms with Gasteiger partial charge < -0.3 is 15.3 Å². The number of nitrogens with one attached hydrogen (secondary N) is 1. The maximum atomic E-state index is 11.2. The Morgan fingerprint density at radius 3 is 3.33 bits per heavy atom. The Balaban J connectivity index is 2.54. The van der Waals surface area contributed by atoms with E-state index in [1.807, 2.05) is 0 Å². The van der Waals surface area contributed by atoms with E-state index < -0.39 is 0 Å². The van der Waals surface area contributed by atoms with Crippen molar-refractivity contribution < 1.29 is 11.3 Å². The van der Waals surface area contributed by atoms with Crippen molar-refractivity contribution >= 4 is 5.91 Å². The molecule has 1 aliphatic heterocycles. The monoisotopic (exact) mass is 171 g/mol. The minimum Gasteiger partial charge on any atom is -0.395 e. The molecule has 68 valence electrons. The summed E-state index contributed by atoms with van der Waals surface area (Å²) < 4.78 is 7.43. The van der Waals surface area contributed by atoms with Crippen molar-refractivity contribution in [1.29, 1.82) is 0 Å². The van der Waals surface area contributed by atoms with E-state index in [9.17, 15) is 4.79 Å². The van der Waals surface area contributed by atoms with Crippen LogP contribution in [0, 0.1) is 0 Å². The minimum atomic E-state index is -0.266. The number of nitrogens with zero attached hydrogens (tertiary/aromatic N) is 1. The fourth-order valence-electron chi connectivity index (χ4n) is 1.21. The topological polar surface area (TPSA) is 52.6 Å². The highest BCUT2D eigenvalue weighted by Crippen LogP contribution is 1.99. The molecule has 0 unspecified atom stereocenters. The van der Waals surface area contributed by atoms with Gasteiger partial charge in [0.2, 0.25) is 5.91 Å². The number of carbonyl (C=O) groups excluding carboxylic acids is 1. The van der Waals surface area contributed by atoms with Gasteiger partial charge in [-0.05, 0) is 6.08 Å². The molecule has 0 radical (unpaired) electrons. The van der Waals surface area contributed by atoms with Gasteiger partial charge >= 0.3 is 0 Å². The number of piperazine rings is 1. The molecule has 4 nitrogen and oxygen atoms in total. The maximum Gasteiger partial charge on any atom is 0.246 e. The molecule has 0 aromatic carbocycles. The Labute approximate surface area is 73.3 Å². The van der Waals surface area contributed by atoms with Crippen LogP contribution in [0.1, 0.15) is 0 Å². The van der Waals surface area contributed by atoms with Crippen LogP contribution < -0.4 is 5.31 Å². The molecule has 1 heterocycles. The summed E-state index contributed by atoms with van der Waals surface area (Å²) in [7, 11) is 0. The molecule has 4 heteroatoms.